The summed E-state index contributed by atoms with van der Waals surface area (Å²) >= 11 is 0. The first-order valence-corrected chi connectivity index (χ1v) is 23.6. The van der Waals surface area contributed by atoms with Crippen LogP contribution in [-0.2, 0) is 32.7 Å². The van der Waals surface area contributed by atoms with Gasteiger partial charge in [0.05, 0.1) is 35.2 Å². The molecule has 0 aliphatic carbocycles. The first-order chi connectivity index (χ1) is 34.6. The van der Waals surface area contributed by atoms with Crippen LogP contribution in [0.4, 0.5) is 11.9 Å². The van der Waals surface area contributed by atoms with Crippen LogP contribution in [0.25, 0.3) is 22.1 Å². The van der Waals surface area contributed by atoms with Crippen molar-refractivity contribution in [2.45, 2.75) is 87.1 Å². The van der Waals surface area contributed by atoms with Crippen molar-refractivity contribution in [2.75, 3.05) is 37.4 Å². The van der Waals surface area contributed by atoms with Crippen LogP contribution in [0.15, 0.2) is 54.6 Å². The predicted molar refractivity (Wildman–Crippen MR) is 268 cm³/mol. The van der Waals surface area contributed by atoms with Gasteiger partial charge < -0.3 is 35.0 Å². The zero-order valence-corrected chi connectivity index (χ0v) is 41.3. The van der Waals surface area contributed by atoms with Crippen LogP contribution < -0.4 is 31.6 Å². The highest BCUT2D eigenvalue weighted by Crippen LogP contribution is 2.33. The smallest absolute Gasteiger partial charge is 0.276 e. The maximum absolute atomic E-state index is 13.9. The summed E-state index contributed by atoms with van der Waals surface area (Å²) in [7, 11) is 1.46. The third-order valence-electron chi connectivity index (χ3n) is 12.3. The number of likely N-dealkylation sites (tertiary alicyclic amines) is 1. The van der Waals surface area contributed by atoms with Crippen molar-refractivity contribution < 1.29 is 33.4 Å². The number of aryl methyl sites for hydroxylation is 6. The van der Waals surface area contributed by atoms with E-state index in [1.54, 1.807) is 49.2 Å². The molecule has 8 rings (SSSR count). The van der Waals surface area contributed by atoms with Gasteiger partial charge in [-0.15, -0.1) is 0 Å². The maximum atomic E-state index is 13.9. The number of primary amides is 2. The van der Waals surface area contributed by atoms with Crippen LogP contribution in [-0.4, -0.2) is 110 Å². The van der Waals surface area contributed by atoms with Gasteiger partial charge in [-0.2, -0.15) is 15.3 Å². The molecule has 0 bridgehead atoms. The van der Waals surface area contributed by atoms with Gasteiger partial charge in [0.2, 0.25) is 23.7 Å². The van der Waals surface area contributed by atoms with Crippen molar-refractivity contribution >= 4 is 63.5 Å². The van der Waals surface area contributed by atoms with E-state index >= 15 is 0 Å². The summed E-state index contributed by atoms with van der Waals surface area (Å²) in [5.41, 5.74) is 16.7. The van der Waals surface area contributed by atoms with E-state index in [9.17, 15) is 24.0 Å². The SMILES string of the molecule is CCn1nc(C)cc1C(=O)Nc1nc2cc(C(N)=O)cc(OC)c2n1C/C=C/Cn1c(NC(=O)c2cc(C)nn2CC)nc2cc(C(N)=O)cc(OCC#CC3CCN(C(=O)c4cc(C)nn4CC)CC3)c21. The van der Waals surface area contributed by atoms with Crippen LogP contribution in [0.3, 0.4) is 0 Å². The Morgan fingerprint density at radius 3 is 1.57 bits per heavy atom. The molecule has 1 saturated heterocycles. The maximum Gasteiger partial charge on any atom is 0.276 e. The Kier molecular flexibility index (Phi) is 14.5. The number of ether oxygens (including phenoxy) is 2. The quantitative estimate of drug-likeness (QED) is 0.0704. The number of nitrogens with one attached hydrogen (secondary N) is 2. The molecule has 22 nitrogen and oxygen atoms in total. The van der Waals surface area contributed by atoms with Crippen LogP contribution in [0.1, 0.15) is 103 Å². The molecule has 6 heterocycles. The summed E-state index contributed by atoms with van der Waals surface area (Å²) in [4.78, 5) is 77.4. The Hall–Kier alpha value is -8.74. The minimum atomic E-state index is -0.711. The topological polar surface area (TPSA) is 272 Å². The summed E-state index contributed by atoms with van der Waals surface area (Å²) in [5, 5.41) is 19.1. The number of anilines is 2. The van der Waals surface area contributed by atoms with Gasteiger partial charge in [0.1, 0.15) is 46.2 Å². The molecule has 5 amide bonds. The number of piperidine rings is 1. The van der Waals surface area contributed by atoms with Gasteiger partial charge in [-0.1, -0.05) is 24.0 Å². The molecule has 0 radical (unpaired) electrons. The highest BCUT2D eigenvalue weighted by atomic mass is 16.5. The Labute approximate surface area is 414 Å². The summed E-state index contributed by atoms with van der Waals surface area (Å²) in [6, 6.07) is 11.3. The number of carbonyl (C=O) groups is 5. The number of fused-ring (bicyclic) bond motifs is 2. The van der Waals surface area contributed by atoms with Gasteiger partial charge in [0, 0.05) is 62.9 Å². The highest BCUT2D eigenvalue weighted by Gasteiger charge is 2.27. The molecule has 0 atom stereocenters. The summed E-state index contributed by atoms with van der Waals surface area (Å²) in [6.07, 6.45) is 5.03. The first kappa shape index (κ1) is 49.7. The molecule has 0 spiro atoms. The van der Waals surface area contributed by atoms with Gasteiger partial charge in [-0.3, -0.25) is 48.7 Å². The van der Waals surface area contributed by atoms with Gasteiger partial charge >= 0.3 is 0 Å². The molecule has 5 aromatic heterocycles. The van der Waals surface area contributed by atoms with Crippen molar-refractivity contribution in [1.29, 1.82) is 0 Å². The predicted octanol–water partition coefficient (Wildman–Crippen LogP) is 4.86. The van der Waals surface area contributed by atoms with E-state index in [0.29, 0.717) is 102 Å². The van der Waals surface area contributed by atoms with Crippen LogP contribution in [0, 0.1) is 38.5 Å². The molecule has 2 aromatic carbocycles. The number of benzene rings is 2. The number of nitrogens with two attached hydrogens (primary N) is 2. The van der Waals surface area contributed by atoms with Crippen LogP contribution >= 0.6 is 0 Å². The van der Waals surface area contributed by atoms with Crippen LogP contribution in [0.5, 0.6) is 11.5 Å². The number of nitrogens with zero attached hydrogens (tertiary/aromatic N) is 11. The molecule has 7 aromatic rings. The average Bonchev–Trinajstić information content (AvgIpc) is 4.20. The number of amides is 5. The lowest BCUT2D eigenvalue weighted by atomic mass is 9.97. The number of rotatable bonds is 17. The summed E-state index contributed by atoms with van der Waals surface area (Å²) in [5.74, 6) is 4.97. The van der Waals surface area contributed by atoms with Crippen molar-refractivity contribution in [2.24, 2.45) is 17.4 Å². The fourth-order valence-electron chi connectivity index (χ4n) is 8.83. The first-order valence-electron chi connectivity index (χ1n) is 23.6. The van der Waals surface area contributed by atoms with Gasteiger partial charge in [0.15, 0.2) is 0 Å². The number of carbonyl (C=O) groups excluding carboxylic acids is 5. The van der Waals surface area contributed by atoms with Gasteiger partial charge in [-0.05, 0) is 96.8 Å². The monoisotopic (exact) mass is 979 g/mol. The van der Waals surface area contributed by atoms with Gasteiger partial charge in [0.25, 0.3) is 17.7 Å². The average molecular weight is 980 g/mol. The Balaban J connectivity index is 1.10. The number of methoxy groups -OCH3 is 1. The van der Waals surface area contributed by atoms with Crippen molar-refractivity contribution in [3.63, 3.8) is 0 Å². The minimum absolute atomic E-state index is 0.0285. The zero-order chi connectivity index (χ0) is 51.4. The number of aromatic nitrogens is 10. The molecular formula is C50H57N15O7. The highest BCUT2D eigenvalue weighted by molar-refractivity contribution is 6.05. The number of imidazole rings is 2. The Morgan fingerprint density at radius 1 is 0.667 bits per heavy atom. The van der Waals surface area contributed by atoms with E-state index in [4.69, 9.17) is 30.9 Å². The standard InChI is InChI=1S/C50H57N15O7/c1-8-63-37(22-29(4)57-63)46(68)55-49-53-35-25-33(44(51)66)27-40(71-7)42(35)61(49)17-11-12-18-62-43-36(54-50(62)56-47(69)38-23-30(5)58-64(38)9-2)26-34(45(52)67)28-41(43)72-21-13-14-32-15-19-60(20-16-32)48(70)39-24-31(6)59-65(39)10-3/h11-12,22-28,32H,8-10,15-21H2,1-7H3,(H2,51,66)(H2,52,67)(H,53,55,68)(H,54,56,69)/b12-11+. The number of hydrogen-bond donors (Lipinski definition) is 4. The van der Waals surface area contributed by atoms with E-state index in [-0.39, 0.29) is 60.3 Å². The van der Waals surface area contributed by atoms with E-state index in [0.717, 1.165) is 5.69 Å². The molecule has 1 fully saturated rings. The fraction of sp³-hybridized carbons (Fsp3) is 0.360. The van der Waals surface area contributed by atoms with Crippen molar-refractivity contribution in [3.8, 4) is 23.3 Å². The molecule has 72 heavy (non-hydrogen) atoms. The van der Waals surface area contributed by atoms with E-state index in [1.807, 2.05) is 50.8 Å². The summed E-state index contributed by atoms with van der Waals surface area (Å²) in [6.45, 7) is 14.0. The van der Waals surface area contributed by atoms with E-state index in [2.05, 4.69) is 37.8 Å². The second-order valence-electron chi connectivity index (χ2n) is 17.2. The molecular weight excluding hydrogens is 923 g/mol. The van der Waals surface area contributed by atoms with Gasteiger partial charge in [-0.25, -0.2) is 9.97 Å². The Morgan fingerprint density at radius 2 is 1.11 bits per heavy atom. The molecule has 374 valence electrons. The lowest BCUT2D eigenvalue weighted by molar-refractivity contribution is 0.0694. The lowest BCUT2D eigenvalue weighted by Gasteiger charge is -2.29. The third-order valence-corrected chi connectivity index (χ3v) is 12.3. The zero-order valence-electron chi connectivity index (χ0n) is 41.3. The Bertz CT molecular complexity index is 3350. The third kappa shape index (κ3) is 10.3. The number of allylic oxidation sites excluding steroid dienone is 2. The normalized spacial score (nSPS) is 12.9. The second-order valence-corrected chi connectivity index (χ2v) is 17.2. The molecule has 0 unspecified atom stereocenters. The summed E-state index contributed by atoms with van der Waals surface area (Å²) < 4.78 is 20.4. The molecule has 1 aliphatic rings. The fourth-order valence-corrected chi connectivity index (χ4v) is 8.83. The van der Waals surface area contributed by atoms with E-state index < -0.39 is 23.6 Å². The van der Waals surface area contributed by atoms with Crippen molar-refractivity contribution in [1.82, 2.24) is 53.3 Å². The molecule has 6 N–H and O–H groups in total. The molecule has 0 saturated carbocycles. The molecule has 1 aliphatic heterocycles. The minimum Gasteiger partial charge on any atom is -0.494 e. The molecule has 22 heteroatoms. The largest absolute Gasteiger partial charge is 0.494 e. The lowest BCUT2D eigenvalue weighted by Crippen LogP contribution is -2.39. The van der Waals surface area contributed by atoms with Crippen LogP contribution in [0.2, 0.25) is 0 Å². The van der Waals surface area contributed by atoms with E-state index in [1.165, 1.54) is 31.4 Å². The number of hydrogen-bond acceptors (Lipinski definition) is 12. The van der Waals surface area contributed by atoms with Crippen molar-refractivity contribution in [3.05, 3.63) is 99.9 Å². The second kappa shape index (κ2) is 21.1.